The molecule has 0 atom stereocenters. The van der Waals surface area contributed by atoms with E-state index < -0.39 is 0 Å². The van der Waals surface area contributed by atoms with Crippen LogP contribution in [0.3, 0.4) is 0 Å². The van der Waals surface area contributed by atoms with Gasteiger partial charge >= 0.3 is 0 Å². The highest BCUT2D eigenvalue weighted by atomic mass is 15.2. The average molecular weight is 613 g/mol. The molecule has 0 radical (unpaired) electrons. The Labute approximate surface area is 281 Å². The van der Waals surface area contributed by atoms with E-state index in [-0.39, 0.29) is 6.71 Å². The minimum absolute atomic E-state index is 0.0645. The molecule has 0 saturated heterocycles. The van der Waals surface area contributed by atoms with E-state index in [1.807, 2.05) is 6.07 Å². The maximum Gasteiger partial charge on any atom is 0.252 e. The summed E-state index contributed by atoms with van der Waals surface area (Å²) < 4.78 is 0. The van der Waals surface area contributed by atoms with E-state index in [4.69, 9.17) is 0 Å². The lowest BCUT2D eigenvalue weighted by Crippen LogP contribution is -2.61. The number of anilines is 9. The van der Waals surface area contributed by atoms with Crippen LogP contribution in [0.2, 0.25) is 0 Å². The number of hydrogen-bond acceptors (Lipinski definition) is 4. The van der Waals surface area contributed by atoms with Crippen molar-refractivity contribution in [1.82, 2.24) is 0 Å². The lowest BCUT2D eigenvalue weighted by molar-refractivity contribution is 1.22. The zero-order valence-corrected chi connectivity index (χ0v) is 26.1. The number of hydrogen-bond donors (Lipinski definition) is 0. The first-order valence-corrected chi connectivity index (χ1v) is 16.2. The fourth-order valence-electron chi connectivity index (χ4n) is 7.45. The average Bonchev–Trinajstić information content (AvgIpc) is 3.16. The monoisotopic (exact) mass is 612 g/mol. The molecular weight excluding hydrogens is 583 g/mol. The third-order valence-corrected chi connectivity index (χ3v) is 9.40. The van der Waals surface area contributed by atoms with Crippen molar-refractivity contribution in [3.05, 3.63) is 181 Å². The number of benzene rings is 7. The fraction of sp³-hybridized carbons (Fsp3) is 0. The molecular formula is C43H29BN4. The van der Waals surface area contributed by atoms with Crippen LogP contribution in [0.4, 0.5) is 51.2 Å². The van der Waals surface area contributed by atoms with Gasteiger partial charge in [0.15, 0.2) is 0 Å². The molecule has 7 aromatic carbocycles. The predicted molar refractivity (Wildman–Crippen MR) is 200 cm³/mol. The van der Waals surface area contributed by atoms with Crippen molar-refractivity contribution >= 4 is 74.3 Å². The SMILES string of the molecule is N#Cc1ccc2c(c1)B1c3ccccc3N(c3ccccc3)c3cc(N(c4ccccc4)c4ccccc4)cc(c31)N2c1ccccc1. The van der Waals surface area contributed by atoms with Crippen molar-refractivity contribution in [2.45, 2.75) is 0 Å². The van der Waals surface area contributed by atoms with E-state index in [0.717, 1.165) is 56.6 Å². The Balaban J connectivity index is 1.42. The van der Waals surface area contributed by atoms with Crippen LogP contribution in [-0.4, -0.2) is 6.71 Å². The summed E-state index contributed by atoms with van der Waals surface area (Å²) >= 11 is 0. The first kappa shape index (κ1) is 27.8. The van der Waals surface area contributed by atoms with Gasteiger partial charge in [-0.15, -0.1) is 0 Å². The van der Waals surface area contributed by atoms with Crippen LogP contribution in [0.25, 0.3) is 0 Å². The van der Waals surface area contributed by atoms with Crippen molar-refractivity contribution in [3.8, 4) is 6.07 Å². The molecule has 0 N–H and O–H groups in total. The molecule has 0 unspecified atom stereocenters. The highest BCUT2D eigenvalue weighted by Crippen LogP contribution is 2.47. The lowest BCUT2D eigenvalue weighted by Gasteiger charge is -2.45. The first-order chi connectivity index (χ1) is 23.8. The predicted octanol–water partition coefficient (Wildman–Crippen LogP) is 9.11. The Hall–Kier alpha value is -6.51. The smallest absolute Gasteiger partial charge is 0.252 e. The van der Waals surface area contributed by atoms with Crippen LogP contribution < -0.4 is 31.1 Å². The number of nitriles is 1. The normalized spacial score (nSPS) is 12.4. The van der Waals surface area contributed by atoms with E-state index in [9.17, 15) is 5.26 Å². The lowest BCUT2D eigenvalue weighted by atomic mass is 9.33. The molecule has 2 heterocycles. The Morgan fingerprint density at radius 3 is 1.46 bits per heavy atom. The molecule has 0 amide bonds. The van der Waals surface area contributed by atoms with E-state index in [1.54, 1.807) is 0 Å². The molecule has 2 aliphatic heterocycles. The van der Waals surface area contributed by atoms with Crippen LogP contribution in [-0.2, 0) is 0 Å². The van der Waals surface area contributed by atoms with Gasteiger partial charge in [0, 0.05) is 45.5 Å². The van der Waals surface area contributed by atoms with E-state index >= 15 is 0 Å². The Bertz CT molecular complexity index is 2260. The molecule has 224 valence electrons. The highest BCUT2D eigenvalue weighted by Gasteiger charge is 2.43. The van der Waals surface area contributed by atoms with Gasteiger partial charge in [-0.25, -0.2) is 0 Å². The highest BCUT2D eigenvalue weighted by molar-refractivity contribution is 7.00. The van der Waals surface area contributed by atoms with Crippen LogP contribution in [0, 0.1) is 11.3 Å². The molecule has 9 rings (SSSR count). The maximum absolute atomic E-state index is 10.1. The third kappa shape index (κ3) is 4.39. The zero-order valence-electron chi connectivity index (χ0n) is 26.1. The van der Waals surface area contributed by atoms with Crippen molar-refractivity contribution in [2.75, 3.05) is 14.7 Å². The molecule has 0 bridgehead atoms. The summed E-state index contributed by atoms with van der Waals surface area (Å²) in [6, 6.07) is 64.3. The van der Waals surface area contributed by atoms with Crippen molar-refractivity contribution in [1.29, 1.82) is 5.26 Å². The van der Waals surface area contributed by atoms with Gasteiger partial charge in [0.25, 0.3) is 6.71 Å². The van der Waals surface area contributed by atoms with Crippen molar-refractivity contribution in [3.63, 3.8) is 0 Å². The second-order valence-corrected chi connectivity index (χ2v) is 12.1. The van der Waals surface area contributed by atoms with Gasteiger partial charge in [-0.1, -0.05) is 91.0 Å². The van der Waals surface area contributed by atoms with Crippen molar-refractivity contribution < 1.29 is 0 Å². The largest absolute Gasteiger partial charge is 0.311 e. The first-order valence-electron chi connectivity index (χ1n) is 16.2. The molecule has 5 heteroatoms. The van der Waals surface area contributed by atoms with Crippen molar-refractivity contribution in [2.24, 2.45) is 0 Å². The molecule has 0 aliphatic carbocycles. The Kier molecular flexibility index (Phi) is 6.59. The summed E-state index contributed by atoms with van der Waals surface area (Å²) in [6.07, 6.45) is 0. The quantitative estimate of drug-likeness (QED) is 0.182. The van der Waals surface area contributed by atoms with E-state index in [2.05, 4.69) is 191 Å². The van der Waals surface area contributed by atoms with Crippen LogP contribution >= 0.6 is 0 Å². The van der Waals surface area contributed by atoms with E-state index in [1.165, 1.54) is 10.9 Å². The second-order valence-electron chi connectivity index (χ2n) is 12.1. The maximum atomic E-state index is 10.1. The Morgan fingerprint density at radius 2 is 0.917 bits per heavy atom. The molecule has 0 aromatic heterocycles. The van der Waals surface area contributed by atoms with Gasteiger partial charge in [0.1, 0.15) is 0 Å². The zero-order chi connectivity index (χ0) is 32.0. The molecule has 0 fully saturated rings. The molecule has 0 spiro atoms. The van der Waals surface area contributed by atoms with Gasteiger partial charge in [-0.3, -0.25) is 0 Å². The summed E-state index contributed by atoms with van der Waals surface area (Å²) in [6.45, 7) is -0.0645. The number of nitrogens with zero attached hydrogens (tertiary/aromatic N) is 4. The van der Waals surface area contributed by atoms with Gasteiger partial charge in [0.05, 0.1) is 17.3 Å². The van der Waals surface area contributed by atoms with Gasteiger partial charge < -0.3 is 14.7 Å². The summed E-state index contributed by atoms with van der Waals surface area (Å²) in [5.41, 5.74) is 14.0. The van der Waals surface area contributed by atoms with Gasteiger partial charge in [-0.2, -0.15) is 5.26 Å². The summed E-state index contributed by atoms with van der Waals surface area (Å²) in [7, 11) is 0. The van der Waals surface area contributed by atoms with Gasteiger partial charge in [-0.05, 0) is 101 Å². The van der Waals surface area contributed by atoms with E-state index in [0.29, 0.717) is 5.56 Å². The fourth-order valence-corrected chi connectivity index (χ4v) is 7.45. The minimum atomic E-state index is -0.0645. The summed E-state index contributed by atoms with van der Waals surface area (Å²) in [5.74, 6) is 0. The Morgan fingerprint density at radius 1 is 0.438 bits per heavy atom. The molecule has 0 saturated carbocycles. The van der Waals surface area contributed by atoms with Gasteiger partial charge in [0.2, 0.25) is 0 Å². The number of fused-ring (bicyclic) bond motifs is 4. The number of rotatable bonds is 5. The third-order valence-electron chi connectivity index (χ3n) is 9.40. The van der Waals surface area contributed by atoms with Crippen LogP contribution in [0.1, 0.15) is 5.56 Å². The van der Waals surface area contributed by atoms with Crippen LogP contribution in [0.15, 0.2) is 176 Å². The molecule has 48 heavy (non-hydrogen) atoms. The second kappa shape index (κ2) is 11.4. The standard InChI is InChI=1S/C43H29BN4/c45-30-31-25-26-40-38(27-31)44-37-23-13-14-24-39(37)47(34-19-9-3-10-20-34)41-28-36(29-42(43(41)44)48(40)35-21-11-4-12-22-35)46(32-15-5-1-6-16-32)33-17-7-2-8-18-33/h1-29H. The molecule has 4 nitrogen and oxygen atoms in total. The van der Waals surface area contributed by atoms with Crippen LogP contribution in [0.5, 0.6) is 0 Å². The molecule has 2 aliphatic rings. The topological polar surface area (TPSA) is 33.5 Å². The summed E-state index contributed by atoms with van der Waals surface area (Å²) in [5, 5.41) is 10.1. The molecule has 7 aromatic rings. The number of para-hydroxylation sites is 5. The summed E-state index contributed by atoms with van der Waals surface area (Å²) in [4.78, 5) is 7.12. The minimum Gasteiger partial charge on any atom is -0.311 e.